The number of allylic oxidation sites excluding steroid dienone is 4. The average molecular weight is 797 g/mol. The van der Waals surface area contributed by atoms with Gasteiger partial charge in [0.1, 0.15) is 0 Å². The van der Waals surface area contributed by atoms with E-state index < -0.39 is 11.9 Å². The number of hydrogen-bond acceptors (Lipinski definition) is 6. The van der Waals surface area contributed by atoms with Gasteiger partial charge in [0.2, 0.25) is 0 Å². The van der Waals surface area contributed by atoms with Crippen LogP contribution in [0, 0.1) is 0 Å². The van der Waals surface area contributed by atoms with E-state index in [-0.39, 0.29) is 75.0 Å². The van der Waals surface area contributed by atoms with Gasteiger partial charge in [-0.1, -0.05) is 181 Å². The van der Waals surface area contributed by atoms with Crippen LogP contribution in [0.3, 0.4) is 0 Å². The molecule has 0 aliphatic rings. The van der Waals surface area contributed by atoms with Gasteiger partial charge in [-0.2, -0.15) is 0 Å². The molecule has 0 N–H and O–H groups in total. The third-order valence-electron chi connectivity index (χ3n) is 10.3. The zero-order chi connectivity index (χ0) is 40.7. The largest absolute Gasteiger partial charge is 2.00 e. The van der Waals surface area contributed by atoms with E-state index in [2.05, 4.69) is 114 Å². The van der Waals surface area contributed by atoms with Crippen molar-refractivity contribution >= 4 is 49.7 Å². The molecule has 0 fully saturated rings. The van der Waals surface area contributed by atoms with Gasteiger partial charge >= 0.3 is 37.7 Å². The van der Waals surface area contributed by atoms with Gasteiger partial charge in [0.05, 0.1) is 11.9 Å². The van der Waals surface area contributed by atoms with E-state index in [9.17, 15) is 19.8 Å². The van der Waals surface area contributed by atoms with Crippen LogP contribution in [0.25, 0.3) is 0 Å². The van der Waals surface area contributed by atoms with Crippen LogP contribution in [-0.4, -0.2) is 96.7 Å². The summed E-state index contributed by atoms with van der Waals surface area (Å²) in [5.74, 6) is -1.97. The zero-order valence-electron chi connectivity index (χ0n) is 37.5. The number of unbranched alkanes of at least 4 members (excludes halogenated alkanes) is 16. The molecule has 4 unspecified atom stereocenters. The summed E-state index contributed by atoms with van der Waals surface area (Å²) in [6, 6.07) is 0.625. The van der Waals surface area contributed by atoms with Gasteiger partial charge in [-0.25, -0.2) is 0 Å². The summed E-state index contributed by atoms with van der Waals surface area (Å²) in [6.45, 7) is 17.4. The number of hydrogen-bond donors (Lipinski definition) is 0. The van der Waals surface area contributed by atoms with Crippen molar-refractivity contribution in [2.75, 3.05) is 13.1 Å². The molecule has 0 rings (SSSR count). The molecule has 55 heavy (non-hydrogen) atoms. The van der Waals surface area contributed by atoms with Crippen LogP contribution >= 0.6 is 0 Å². The van der Waals surface area contributed by atoms with Crippen molar-refractivity contribution in [3.8, 4) is 0 Å². The Kier molecular flexibility index (Phi) is 46.9. The number of carboxylic acids is 2. The first-order valence-corrected chi connectivity index (χ1v) is 22.8. The number of carbonyl (C=O) groups is 2. The molecule has 0 saturated carbocycles. The maximum absolute atomic E-state index is 11.3. The van der Waals surface area contributed by atoms with E-state index in [1.807, 2.05) is 0 Å². The second kappa shape index (κ2) is 44.2. The van der Waals surface area contributed by atoms with Gasteiger partial charge in [-0.3, -0.25) is 9.80 Å². The molecule has 316 valence electrons. The molecule has 0 aromatic heterocycles. The predicted octanol–water partition coefficient (Wildman–Crippen LogP) is 10.9. The number of aliphatic carboxylic acids is 2. The van der Waals surface area contributed by atoms with Crippen LogP contribution in [0.15, 0.2) is 48.6 Å². The van der Waals surface area contributed by atoms with E-state index in [1.165, 1.54) is 103 Å². The quantitative estimate of drug-likeness (QED) is 0.0356. The Morgan fingerprint density at radius 1 is 0.400 bits per heavy atom. The van der Waals surface area contributed by atoms with Gasteiger partial charge in [0.15, 0.2) is 0 Å². The van der Waals surface area contributed by atoms with E-state index in [4.69, 9.17) is 0 Å². The number of carbonyl (C=O) groups excluding carboxylic acids is 2. The molecule has 0 spiro atoms. The van der Waals surface area contributed by atoms with Gasteiger partial charge in [-0.15, -0.1) is 0 Å². The van der Waals surface area contributed by atoms with Crippen molar-refractivity contribution in [2.45, 2.75) is 234 Å². The molecule has 0 amide bonds. The molecule has 0 heterocycles. The Morgan fingerprint density at radius 2 is 0.618 bits per heavy atom. The molecule has 6 nitrogen and oxygen atoms in total. The summed E-state index contributed by atoms with van der Waals surface area (Å²) in [5, 5.41) is 22.7. The summed E-state index contributed by atoms with van der Waals surface area (Å²) in [4.78, 5) is 26.9. The summed E-state index contributed by atoms with van der Waals surface area (Å²) in [5.41, 5.74) is 0. The third-order valence-corrected chi connectivity index (χ3v) is 10.3. The second-order valence-electron chi connectivity index (χ2n) is 15.1. The zero-order valence-corrected chi connectivity index (χ0v) is 39.8. The van der Waals surface area contributed by atoms with Crippen molar-refractivity contribution in [1.82, 2.24) is 9.80 Å². The summed E-state index contributed by atoms with van der Waals surface area (Å²) in [6.07, 6.45) is 46.0. The average Bonchev–Trinajstić information content (AvgIpc) is 3.16. The molecule has 7 heteroatoms. The standard InChI is InChI=1S/2C24H45NO2.Ca/c2*1-5-9-11-13-15-17-19-22(7-3)25(21-24(26)27)23(8-4)20-18-16-14-12-10-6-2;/h2*17-20,22-23H,5-16,21H2,1-4H3,(H,26,27);/q;;+2/p-2/b2*19-17+,20-18+;. The van der Waals surface area contributed by atoms with Crippen LogP contribution in [0.5, 0.6) is 0 Å². The van der Waals surface area contributed by atoms with Crippen molar-refractivity contribution in [3.63, 3.8) is 0 Å². The number of nitrogens with zero attached hydrogens (tertiary/aromatic N) is 2. The molecule has 4 atom stereocenters. The first-order chi connectivity index (χ1) is 26.2. The number of rotatable bonds is 36. The minimum atomic E-state index is -0.986. The van der Waals surface area contributed by atoms with Gasteiger partial charge in [-0.05, 0) is 77.0 Å². The maximum Gasteiger partial charge on any atom is 2.00 e. The smallest absolute Gasteiger partial charge is 0.549 e. The SMILES string of the molecule is CCCCCC/C=C/C(CC)N(CC(=O)[O-])C(/C=C/CCCCCC)CC.CCCCCC/C=C/C(CC)N(CC(=O)[O-])C(/C=C/CCCCCC)CC.[Ca+2]. The Balaban J connectivity index is -0.000000966. The Morgan fingerprint density at radius 3 is 0.782 bits per heavy atom. The molecular formula is C48H88CaN2O4. The van der Waals surface area contributed by atoms with Crippen molar-refractivity contribution in [2.24, 2.45) is 0 Å². The van der Waals surface area contributed by atoms with Gasteiger partial charge in [0.25, 0.3) is 0 Å². The topological polar surface area (TPSA) is 86.7 Å². The van der Waals surface area contributed by atoms with Crippen molar-refractivity contribution in [1.29, 1.82) is 0 Å². The Hall–Kier alpha value is -0.920. The molecule has 0 aromatic rings. The van der Waals surface area contributed by atoms with Gasteiger partial charge in [0, 0.05) is 37.3 Å². The number of carboxylic acid groups (broad SMARTS) is 2. The van der Waals surface area contributed by atoms with Crippen LogP contribution in [-0.2, 0) is 9.59 Å². The fourth-order valence-electron chi connectivity index (χ4n) is 6.95. The van der Waals surface area contributed by atoms with Crippen LogP contribution in [0.1, 0.15) is 209 Å². The second-order valence-corrected chi connectivity index (χ2v) is 15.1. The molecule has 0 bridgehead atoms. The summed E-state index contributed by atoms with van der Waals surface area (Å²) >= 11 is 0. The molecule has 0 aromatic carbocycles. The van der Waals surface area contributed by atoms with E-state index in [0.717, 1.165) is 51.4 Å². The fraction of sp³-hybridized carbons (Fsp3) is 0.792. The maximum atomic E-state index is 11.3. The van der Waals surface area contributed by atoms with Crippen LogP contribution in [0.4, 0.5) is 0 Å². The molecule has 0 radical (unpaired) electrons. The summed E-state index contributed by atoms with van der Waals surface area (Å²) in [7, 11) is 0. The van der Waals surface area contributed by atoms with Crippen LogP contribution in [0.2, 0.25) is 0 Å². The summed E-state index contributed by atoms with van der Waals surface area (Å²) < 4.78 is 0. The third kappa shape index (κ3) is 34.8. The fourth-order valence-corrected chi connectivity index (χ4v) is 6.95. The Labute approximate surface area is 372 Å². The normalized spacial score (nSPS) is 14.1. The van der Waals surface area contributed by atoms with Crippen LogP contribution < -0.4 is 10.2 Å². The Bertz CT molecular complexity index is 830. The molecule has 0 aliphatic carbocycles. The van der Waals surface area contributed by atoms with E-state index in [1.54, 1.807) is 0 Å². The monoisotopic (exact) mass is 797 g/mol. The van der Waals surface area contributed by atoms with E-state index >= 15 is 0 Å². The van der Waals surface area contributed by atoms with Gasteiger partial charge < -0.3 is 19.8 Å². The molecular weight excluding hydrogens is 709 g/mol. The van der Waals surface area contributed by atoms with Crippen molar-refractivity contribution in [3.05, 3.63) is 48.6 Å². The van der Waals surface area contributed by atoms with Crippen molar-refractivity contribution < 1.29 is 19.8 Å². The van der Waals surface area contributed by atoms with E-state index in [0.29, 0.717) is 0 Å². The minimum Gasteiger partial charge on any atom is -0.549 e. The molecule has 0 saturated heterocycles. The first kappa shape index (κ1) is 58.4. The predicted molar refractivity (Wildman–Crippen MR) is 237 cm³/mol. The first-order valence-electron chi connectivity index (χ1n) is 22.8. The minimum absolute atomic E-state index is 0. The molecule has 0 aliphatic heterocycles.